The predicted molar refractivity (Wildman–Crippen MR) is 50.9 cm³/mol. The average molecular weight is 182 g/mol. The van der Waals surface area contributed by atoms with Crippen molar-refractivity contribution in [1.29, 1.82) is 0 Å². The van der Waals surface area contributed by atoms with E-state index in [1.807, 2.05) is 0 Å². The molecule has 0 saturated heterocycles. The molecule has 0 aliphatic carbocycles. The molecule has 0 fully saturated rings. The summed E-state index contributed by atoms with van der Waals surface area (Å²) in [5.41, 5.74) is 2.07. The topological polar surface area (TPSA) is 37.3 Å². The van der Waals surface area contributed by atoms with Crippen LogP contribution in [0.5, 0.6) is 5.75 Å². The van der Waals surface area contributed by atoms with Gasteiger partial charge in [0.15, 0.2) is 0 Å². The third-order valence-electron chi connectivity index (χ3n) is 1.99. The molecule has 1 aromatic rings. The highest BCUT2D eigenvalue weighted by molar-refractivity contribution is 7.97. The second-order valence-corrected chi connectivity index (χ2v) is 3.09. The van der Waals surface area contributed by atoms with Crippen LogP contribution in [-0.4, -0.2) is 10.2 Å². The molecule has 1 rings (SSSR count). The van der Waals surface area contributed by atoms with Gasteiger partial charge in [-0.1, -0.05) is 0 Å². The van der Waals surface area contributed by atoms with Crippen LogP contribution in [0.4, 0.5) is 0 Å². The minimum absolute atomic E-state index is 0.214. The normalized spacial score (nSPS) is 9.92. The van der Waals surface area contributed by atoms with Crippen molar-refractivity contribution in [3.8, 4) is 5.75 Å². The van der Waals surface area contributed by atoms with Crippen LogP contribution < -0.4 is 0 Å². The summed E-state index contributed by atoms with van der Waals surface area (Å²) >= 11 is 3.72. The second-order valence-electron chi connectivity index (χ2n) is 2.69. The van der Waals surface area contributed by atoms with Gasteiger partial charge >= 0.3 is 0 Å². The van der Waals surface area contributed by atoms with E-state index < -0.39 is 0 Å². The van der Waals surface area contributed by atoms with Crippen LogP contribution in [0.15, 0.2) is 12.1 Å². The zero-order valence-corrected chi connectivity index (χ0v) is 7.85. The van der Waals surface area contributed by atoms with E-state index in [0.29, 0.717) is 5.56 Å². The molecule has 0 bridgehead atoms. The molecule has 0 heterocycles. The summed E-state index contributed by atoms with van der Waals surface area (Å²) in [7, 11) is 0. The van der Waals surface area contributed by atoms with Gasteiger partial charge in [-0.3, -0.25) is 4.79 Å². The summed E-state index contributed by atoms with van der Waals surface area (Å²) in [4.78, 5) is 10.9. The summed E-state index contributed by atoms with van der Waals surface area (Å²) in [6, 6.07) is 3.08. The number of benzene rings is 1. The number of phenolic OH excluding ortho intramolecular Hbond substituents is 1. The Kier molecular flexibility index (Phi) is 2.43. The molecule has 0 unspecified atom stereocenters. The fourth-order valence-electron chi connectivity index (χ4n) is 1.04. The lowest BCUT2D eigenvalue weighted by Gasteiger charge is -2.06. The number of aromatic hydroxyl groups is 1. The van der Waals surface area contributed by atoms with E-state index in [-0.39, 0.29) is 10.9 Å². The molecule has 0 spiro atoms. The van der Waals surface area contributed by atoms with Crippen LogP contribution in [0.3, 0.4) is 0 Å². The molecule has 12 heavy (non-hydrogen) atoms. The van der Waals surface area contributed by atoms with E-state index in [0.717, 1.165) is 11.1 Å². The molecule has 0 amide bonds. The third-order valence-corrected chi connectivity index (χ3v) is 2.23. The summed E-state index contributed by atoms with van der Waals surface area (Å²) in [5, 5.41) is 9.00. The quantitative estimate of drug-likeness (QED) is 0.652. The number of carbonyl (C=O) groups is 1. The van der Waals surface area contributed by atoms with Gasteiger partial charge in [-0.2, -0.15) is 0 Å². The van der Waals surface area contributed by atoms with Gasteiger partial charge < -0.3 is 5.11 Å². The van der Waals surface area contributed by atoms with Crippen molar-refractivity contribution >= 4 is 17.7 Å². The average Bonchev–Trinajstić information content (AvgIpc) is 2.00. The molecule has 64 valence electrons. The van der Waals surface area contributed by atoms with Gasteiger partial charge in [0.2, 0.25) is 5.12 Å². The fourth-order valence-corrected chi connectivity index (χ4v) is 1.28. The predicted octanol–water partition coefficient (Wildman–Crippen LogP) is 2.08. The first-order chi connectivity index (χ1) is 5.54. The van der Waals surface area contributed by atoms with E-state index in [2.05, 4.69) is 12.6 Å². The lowest BCUT2D eigenvalue weighted by molar-refractivity contribution is 0.109. The van der Waals surface area contributed by atoms with Crippen molar-refractivity contribution in [2.75, 3.05) is 0 Å². The van der Waals surface area contributed by atoms with Gasteiger partial charge in [-0.05, 0) is 37.1 Å². The van der Waals surface area contributed by atoms with Crippen molar-refractivity contribution in [2.24, 2.45) is 0 Å². The molecular formula is C9H10O2S. The molecule has 0 aliphatic heterocycles. The molecule has 0 saturated carbocycles. The van der Waals surface area contributed by atoms with E-state index in [9.17, 15) is 9.90 Å². The van der Waals surface area contributed by atoms with E-state index in [1.165, 1.54) is 6.07 Å². The van der Waals surface area contributed by atoms with Crippen LogP contribution in [0.25, 0.3) is 0 Å². The van der Waals surface area contributed by atoms with Gasteiger partial charge in [-0.25, -0.2) is 0 Å². The Bertz CT molecular complexity index is 332. The largest absolute Gasteiger partial charge is 0.508 e. The van der Waals surface area contributed by atoms with Crippen molar-refractivity contribution in [3.63, 3.8) is 0 Å². The van der Waals surface area contributed by atoms with Gasteiger partial charge in [0.1, 0.15) is 5.75 Å². The number of hydrogen-bond donors (Lipinski definition) is 2. The van der Waals surface area contributed by atoms with Crippen LogP contribution in [0.1, 0.15) is 21.5 Å². The zero-order valence-electron chi connectivity index (χ0n) is 6.96. The molecule has 1 N–H and O–H groups in total. The van der Waals surface area contributed by atoms with Gasteiger partial charge in [0.25, 0.3) is 0 Å². The molecule has 2 nitrogen and oxygen atoms in total. The maximum atomic E-state index is 10.9. The highest BCUT2D eigenvalue weighted by atomic mass is 32.1. The molecule has 1 aromatic carbocycles. The van der Waals surface area contributed by atoms with Gasteiger partial charge in [0, 0.05) is 5.56 Å². The highest BCUT2D eigenvalue weighted by Gasteiger charge is 2.08. The lowest BCUT2D eigenvalue weighted by atomic mass is 10.0. The summed E-state index contributed by atoms with van der Waals surface area (Å²) in [6.07, 6.45) is 0. The molecule has 0 aromatic heterocycles. The van der Waals surface area contributed by atoms with Crippen LogP contribution in [0, 0.1) is 13.8 Å². The standard InChI is InChI=1S/C9H10O2S/c1-5-6(2)8(10)4-3-7(5)9(11)12/h3-4,10H,1-2H3,(H,11,12). The van der Waals surface area contributed by atoms with Crippen molar-refractivity contribution < 1.29 is 9.90 Å². The highest BCUT2D eigenvalue weighted by Crippen LogP contribution is 2.23. The minimum atomic E-state index is -0.268. The molecule has 0 aliphatic rings. The Hall–Kier alpha value is -0.960. The van der Waals surface area contributed by atoms with E-state index >= 15 is 0 Å². The van der Waals surface area contributed by atoms with Gasteiger partial charge in [0.05, 0.1) is 0 Å². The third kappa shape index (κ3) is 1.46. The lowest BCUT2D eigenvalue weighted by Crippen LogP contribution is -1.95. The molecule has 0 radical (unpaired) electrons. The fraction of sp³-hybridized carbons (Fsp3) is 0.222. The molecule has 0 atom stereocenters. The Morgan fingerprint density at radius 2 is 1.92 bits per heavy atom. The smallest absolute Gasteiger partial charge is 0.216 e. The summed E-state index contributed by atoms with van der Waals surface area (Å²) < 4.78 is 0. The first-order valence-corrected chi connectivity index (χ1v) is 4.01. The molecular weight excluding hydrogens is 172 g/mol. The summed E-state index contributed by atoms with van der Waals surface area (Å²) in [5.74, 6) is 0.214. The summed E-state index contributed by atoms with van der Waals surface area (Å²) in [6.45, 7) is 3.56. The second kappa shape index (κ2) is 3.19. The van der Waals surface area contributed by atoms with Crippen molar-refractivity contribution in [2.45, 2.75) is 13.8 Å². The Labute approximate surface area is 76.6 Å². The first-order valence-electron chi connectivity index (χ1n) is 3.56. The zero-order chi connectivity index (χ0) is 9.30. The number of phenols is 1. The molecule has 3 heteroatoms. The maximum absolute atomic E-state index is 10.9. The number of rotatable bonds is 1. The van der Waals surface area contributed by atoms with Crippen molar-refractivity contribution in [3.05, 3.63) is 28.8 Å². The number of carbonyl (C=O) groups excluding carboxylic acids is 1. The SMILES string of the molecule is Cc1c(O)ccc(C(=O)S)c1C. The number of hydrogen-bond acceptors (Lipinski definition) is 2. The Morgan fingerprint density at radius 1 is 1.33 bits per heavy atom. The maximum Gasteiger partial charge on any atom is 0.216 e. The van der Waals surface area contributed by atoms with Crippen LogP contribution in [0.2, 0.25) is 0 Å². The van der Waals surface area contributed by atoms with E-state index in [1.54, 1.807) is 19.9 Å². The van der Waals surface area contributed by atoms with Gasteiger partial charge in [-0.15, -0.1) is 12.6 Å². The number of thiol groups is 1. The monoisotopic (exact) mass is 182 g/mol. The van der Waals surface area contributed by atoms with E-state index in [4.69, 9.17) is 0 Å². The van der Waals surface area contributed by atoms with Crippen LogP contribution in [-0.2, 0) is 0 Å². The van der Waals surface area contributed by atoms with Crippen molar-refractivity contribution in [1.82, 2.24) is 0 Å². The Balaban J connectivity index is 3.36. The Morgan fingerprint density at radius 3 is 2.42 bits per heavy atom. The first kappa shape index (κ1) is 9.13. The van der Waals surface area contributed by atoms with Crippen LogP contribution >= 0.6 is 12.6 Å². The minimum Gasteiger partial charge on any atom is -0.508 e.